The van der Waals surface area contributed by atoms with E-state index in [0.29, 0.717) is 16.4 Å². The van der Waals surface area contributed by atoms with Gasteiger partial charge in [-0.3, -0.25) is 9.59 Å². The summed E-state index contributed by atoms with van der Waals surface area (Å²) >= 11 is 5.80. The number of carbonyl (C=O) groups excluding carboxylic acids is 2. The molecule has 1 aliphatic heterocycles. The van der Waals surface area contributed by atoms with Crippen LogP contribution in [0.1, 0.15) is 48.5 Å². The van der Waals surface area contributed by atoms with Crippen LogP contribution in [0.3, 0.4) is 0 Å². The van der Waals surface area contributed by atoms with Crippen LogP contribution in [0, 0.1) is 5.92 Å². The molecule has 1 aromatic heterocycles. The van der Waals surface area contributed by atoms with Crippen molar-refractivity contribution in [3.05, 3.63) is 58.7 Å². The van der Waals surface area contributed by atoms with E-state index in [2.05, 4.69) is 32.7 Å². The first-order chi connectivity index (χ1) is 14.9. The predicted octanol–water partition coefficient (Wildman–Crippen LogP) is 3.87. The molecule has 2 fully saturated rings. The number of halogens is 1. The van der Waals surface area contributed by atoms with Crippen molar-refractivity contribution in [2.45, 2.75) is 38.0 Å². The second-order valence-electron chi connectivity index (χ2n) is 8.80. The van der Waals surface area contributed by atoms with Crippen LogP contribution < -0.4 is 10.6 Å². The Kier molecular flexibility index (Phi) is 6.58. The number of carbonyl (C=O) groups is 2. The molecule has 0 bridgehead atoms. The molecule has 2 heterocycles. The first kappa shape index (κ1) is 21.8. The van der Waals surface area contributed by atoms with Gasteiger partial charge < -0.3 is 15.5 Å². The van der Waals surface area contributed by atoms with Crippen LogP contribution in [-0.2, 0) is 10.2 Å². The van der Waals surface area contributed by atoms with Crippen molar-refractivity contribution in [3.8, 4) is 0 Å². The van der Waals surface area contributed by atoms with Gasteiger partial charge in [0.25, 0.3) is 5.91 Å². The molecule has 0 radical (unpaired) electrons. The van der Waals surface area contributed by atoms with Gasteiger partial charge in [-0.25, -0.2) is 4.98 Å². The quantitative estimate of drug-likeness (QED) is 0.653. The van der Waals surface area contributed by atoms with Gasteiger partial charge in [0.15, 0.2) is 0 Å². The van der Waals surface area contributed by atoms with Crippen molar-refractivity contribution < 1.29 is 9.59 Å². The highest BCUT2D eigenvalue weighted by molar-refractivity contribution is 6.30. The molecule has 2 aliphatic rings. The number of likely N-dealkylation sites (tertiary alicyclic amines) is 1. The summed E-state index contributed by atoms with van der Waals surface area (Å²) in [7, 11) is 0. The summed E-state index contributed by atoms with van der Waals surface area (Å²) in [6, 6.07) is 11.3. The molecule has 1 aliphatic carbocycles. The van der Waals surface area contributed by atoms with Crippen LogP contribution in [-0.4, -0.2) is 47.9 Å². The summed E-state index contributed by atoms with van der Waals surface area (Å²) in [5.74, 6) is -0.328. The van der Waals surface area contributed by atoms with Crippen LogP contribution in [0.15, 0.2) is 42.6 Å². The Morgan fingerprint density at radius 2 is 1.84 bits per heavy atom. The Morgan fingerprint density at radius 1 is 1.13 bits per heavy atom. The highest BCUT2D eigenvalue weighted by Gasteiger charge is 2.45. The summed E-state index contributed by atoms with van der Waals surface area (Å²) in [5, 5.41) is 6.09. The fourth-order valence-corrected chi connectivity index (χ4v) is 4.28. The number of aromatic nitrogens is 1. The lowest BCUT2D eigenvalue weighted by atomic mass is 9.94. The van der Waals surface area contributed by atoms with E-state index >= 15 is 0 Å². The molecular formula is C24H29ClN4O2. The van der Waals surface area contributed by atoms with E-state index in [-0.39, 0.29) is 23.8 Å². The molecule has 1 unspecified atom stereocenters. The van der Waals surface area contributed by atoms with Crippen LogP contribution in [0.25, 0.3) is 0 Å². The minimum atomic E-state index is -0.393. The lowest BCUT2D eigenvalue weighted by molar-refractivity contribution is -0.119. The van der Waals surface area contributed by atoms with Crippen molar-refractivity contribution >= 4 is 29.2 Å². The number of hydrogen-bond donors (Lipinski definition) is 2. The van der Waals surface area contributed by atoms with E-state index in [1.165, 1.54) is 50.5 Å². The standard InChI is InChI=1S/C24H29ClN4O2/c1-17(22(30)28-21-9-8-20(25)15-26-21)14-27-23(31)18-4-6-19(7-5-18)24(10-11-24)16-29-12-2-3-13-29/h4-9,15,17H,2-3,10-14,16H2,1H3,(H,27,31)(H,26,28,30). The highest BCUT2D eigenvalue weighted by atomic mass is 35.5. The second kappa shape index (κ2) is 9.37. The summed E-state index contributed by atoms with van der Waals surface area (Å²) < 4.78 is 0. The van der Waals surface area contributed by atoms with Crippen molar-refractivity contribution in [2.24, 2.45) is 5.92 Å². The number of amides is 2. The average molecular weight is 441 g/mol. The van der Waals surface area contributed by atoms with E-state index in [1.807, 2.05) is 12.1 Å². The number of pyridine rings is 1. The molecular weight excluding hydrogens is 412 g/mol. The van der Waals surface area contributed by atoms with E-state index in [0.717, 1.165) is 6.54 Å². The Morgan fingerprint density at radius 3 is 2.45 bits per heavy atom. The fraction of sp³-hybridized carbons (Fsp3) is 0.458. The van der Waals surface area contributed by atoms with Crippen molar-refractivity contribution in [1.82, 2.24) is 15.2 Å². The van der Waals surface area contributed by atoms with Crippen LogP contribution in [0.2, 0.25) is 5.02 Å². The Bertz CT molecular complexity index is 920. The molecule has 164 valence electrons. The molecule has 6 nitrogen and oxygen atoms in total. The molecule has 1 atom stereocenters. The zero-order valence-electron chi connectivity index (χ0n) is 17.9. The van der Waals surface area contributed by atoms with Gasteiger partial charge in [-0.05, 0) is 68.6 Å². The van der Waals surface area contributed by atoms with Gasteiger partial charge in [-0.1, -0.05) is 30.7 Å². The molecule has 7 heteroatoms. The number of benzene rings is 1. The molecule has 31 heavy (non-hydrogen) atoms. The molecule has 1 saturated heterocycles. The highest BCUT2D eigenvalue weighted by Crippen LogP contribution is 2.49. The van der Waals surface area contributed by atoms with E-state index in [1.54, 1.807) is 19.1 Å². The maximum atomic E-state index is 12.5. The van der Waals surface area contributed by atoms with Gasteiger partial charge in [-0.2, -0.15) is 0 Å². The summed E-state index contributed by atoms with van der Waals surface area (Å²) in [6.07, 6.45) is 6.54. The first-order valence-corrected chi connectivity index (χ1v) is 11.4. The third-order valence-corrected chi connectivity index (χ3v) is 6.56. The third kappa shape index (κ3) is 5.43. The Labute approximate surface area is 188 Å². The summed E-state index contributed by atoms with van der Waals surface area (Å²) in [6.45, 7) is 5.57. The number of nitrogens with one attached hydrogen (secondary N) is 2. The predicted molar refractivity (Wildman–Crippen MR) is 122 cm³/mol. The van der Waals surface area contributed by atoms with Gasteiger partial charge in [0.05, 0.1) is 10.9 Å². The summed E-state index contributed by atoms with van der Waals surface area (Å²) in [5.41, 5.74) is 2.23. The monoisotopic (exact) mass is 440 g/mol. The van der Waals surface area contributed by atoms with Crippen molar-refractivity contribution in [2.75, 3.05) is 31.5 Å². The van der Waals surface area contributed by atoms with E-state index in [4.69, 9.17) is 11.6 Å². The summed E-state index contributed by atoms with van der Waals surface area (Å²) in [4.78, 5) is 31.5. The topological polar surface area (TPSA) is 74.3 Å². The molecule has 1 aromatic carbocycles. The van der Waals surface area contributed by atoms with Gasteiger partial charge in [0.1, 0.15) is 5.82 Å². The Balaban J connectivity index is 1.27. The molecule has 2 N–H and O–H groups in total. The maximum Gasteiger partial charge on any atom is 0.251 e. The maximum absolute atomic E-state index is 12.5. The van der Waals surface area contributed by atoms with E-state index < -0.39 is 5.92 Å². The molecule has 1 saturated carbocycles. The van der Waals surface area contributed by atoms with Crippen LogP contribution in [0.5, 0.6) is 0 Å². The molecule has 0 spiro atoms. The van der Waals surface area contributed by atoms with Crippen LogP contribution >= 0.6 is 11.6 Å². The first-order valence-electron chi connectivity index (χ1n) is 11.0. The van der Waals surface area contributed by atoms with Gasteiger partial charge in [0.2, 0.25) is 5.91 Å². The molecule has 2 aromatic rings. The second-order valence-corrected chi connectivity index (χ2v) is 9.24. The average Bonchev–Trinajstić information content (AvgIpc) is 3.38. The minimum absolute atomic E-state index is 0.166. The van der Waals surface area contributed by atoms with Crippen molar-refractivity contribution in [1.29, 1.82) is 0 Å². The Hall–Kier alpha value is -2.44. The lowest BCUT2D eigenvalue weighted by Crippen LogP contribution is -2.34. The zero-order valence-corrected chi connectivity index (χ0v) is 18.6. The van der Waals surface area contributed by atoms with Crippen LogP contribution in [0.4, 0.5) is 5.82 Å². The smallest absolute Gasteiger partial charge is 0.251 e. The molecule has 2 amide bonds. The normalized spacial score (nSPS) is 18.4. The number of hydrogen-bond acceptors (Lipinski definition) is 4. The lowest BCUT2D eigenvalue weighted by Gasteiger charge is -2.23. The third-order valence-electron chi connectivity index (χ3n) is 6.33. The van der Waals surface area contributed by atoms with Gasteiger partial charge >= 0.3 is 0 Å². The number of anilines is 1. The van der Waals surface area contributed by atoms with Gasteiger partial charge in [-0.15, -0.1) is 0 Å². The number of rotatable bonds is 8. The fourth-order valence-electron chi connectivity index (χ4n) is 4.17. The zero-order chi connectivity index (χ0) is 21.8. The molecule has 4 rings (SSSR count). The number of nitrogens with zero attached hydrogens (tertiary/aromatic N) is 2. The minimum Gasteiger partial charge on any atom is -0.351 e. The van der Waals surface area contributed by atoms with Crippen molar-refractivity contribution in [3.63, 3.8) is 0 Å². The SMILES string of the molecule is CC(CNC(=O)c1ccc(C2(CN3CCCC3)CC2)cc1)C(=O)Nc1ccc(Cl)cn1. The largest absolute Gasteiger partial charge is 0.351 e. The van der Waals surface area contributed by atoms with Gasteiger partial charge in [0, 0.05) is 30.3 Å². The van der Waals surface area contributed by atoms with E-state index in [9.17, 15) is 9.59 Å².